The van der Waals surface area contributed by atoms with E-state index in [4.69, 9.17) is 9.47 Å². The van der Waals surface area contributed by atoms with Gasteiger partial charge in [0.1, 0.15) is 24.7 Å². The van der Waals surface area contributed by atoms with E-state index in [0.717, 1.165) is 25.7 Å². The Morgan fingerprint density at radius 3 is 2.45 bits per heavy atom. The highest BCUT2D eigenvalue weighted by Crippen LogP contribution is 2.44. The van der Waals surface area contributed by atoms with Crippen LogP contribution in [0.4, 0.5) is 0 Å². The second-order valence-corrected chi connectivity index (χ2v) is 8.10. The van der Waals surface area contributed by atoms with Crippen LogP contribution >= 0.6 is 0 Å². The van der Waals surface area contributed by atoms with Gasteiger partial charge in [-0.2, -0.15) is 0 Å². The molecule has 1 unspecified atom stereocenters. The van der Waals surface area contributed by atoms with Crippen LogP contribution in [0.15, 0.2) is 48.0 Å². The number of Topliss-reactive ketones (excluding diaryl/α,β-unsaturated/α-hetero) is 1. The molecule has 1 aliphatic carbocycles. The fourth-order valence-electron chi connectivity index (χ4n) is 4.78. The van der Waals surface area contributed by atoms with Gasteiger partial charge in [0.2, 0.25) is 0 Å². The Bertz CT molecular complexity index is 1090. The van der Waals surface area contributed by atoms with Crippen LogP contribution in [-0.2, 0) is 9.59 Å². The van der Waals surface area contributed by atoms with Gasteiger partial charge in [-0.1, -0.05) is 25.0 Å². The molecule has 0 radical (unpaired) electrons. The van der Waals surface area contributed by atoms with Crippen LogP contribution in [0.5, 0.6) is 17.2 Å². The average molecular weight is 421 g/mol. The molecule has 7 nitrogen and oxygen atoms in total. The van der Waals surface area contributed by atoms with Gasteiger partial charge < -0.3 is 24.6 Å². The number of amides is 1. The van der Waals surface area contributed by atoms with E-state index in [1.165, 1.54) is 12.1 Å². The lowest BCUT2D eigenvalue weighted by molar-refractivity contribution is -0.141. The van der Waals surface area contributed by atoms with E-state index in [0.29, 0.717) is 35.8 Å². The van der Waals surface area contributed by atoms with Gasteiger partial charge in [0.25, 0.3) is 11.7 Å². The summed E-state index contributed by atoms with van der Waals surface area (Å²) in [5.41, 5.74) is 0.989. The SMILES string of the molecule is O=C1C(=O)N(C2CCCC2)C(c2cccc(O)c2)/C1=C(/O)c1ccc2c(c1)OCCO2. The lowest BCUT2D eigenvalue weighted by Crippen LogP contribution is -2.37. The molecule has 31 heavy (non-hydrogen) atoms. The van der Waals surface area contributed by atoms with E-state index >= 15 is 0 Å². The van der Waals surface area contributed by atoms with Crippen molar-refractivity contribution >= 4 is 17.4 Å². The minimum atomic E-state index is -0.761. The first-order valence-corrected chi connectivity index (χ1v) is 10.5. The van der Waals surface area contributed by atoms with E-state index in [1.54, 1.807) is 35.2 Å². The predicted molar refractivity (Wildman–Crippen MR) is 112 cm³/mol. The number of ketones is 1. The minimum Gasteiger partial charge on any atom is -0.508 e. The number of likely N-dealkylation sites (tertiary alicyclic amines) is 1. The standard InChI is InChI=1S/C24H23NO6/c26-17-7-3-4-14(12-17)21-20(23(28)24(29)25(21)16-5-1-2-6-16)22(27)15-8-9-18-19(13-15)31-11-10-30-18/h3-4,7-9,12-13,16,21,26-27H,1-2,5-6,10-11H2/b22-20-. The molecule has 2 aliphatic heterocycles. The van der Waals surface area contributed by atoms with E-state index in [1.807, 2.05) is 0 Å². The molecule has 2 heterocycles. The summed E-state index contributed by atoms with van der Waals surface area (Å²) in [4.78, 5) is 27.8. The summed E-state index contributed by atoms with van der Waals surface area (Å²) in [6.45, 7) is 0.842. The number of nitrogens with zero attached hydrogens (tertiary/aromatic N) is 1. The van der Waals surface area contributed by atoms with Crippen LogP contribution in [0.1, 0.15) is 42.9 Å². The maximum absolute atomic E-state index is 13.1. The number of carbonyl (C=O) groups is 2. The fraction of sp³-hybridized carbons (Fsp3) is 0.333. The van der Waals surface area contributed by atoms with Crippen molar-refractivity contribution in [1.82, 2.24) is 4.90 Å². The summed E-state index contributed by atoms with van der Waals surface area (Å²) >= 11 is 0. The van der Waals surface area contributed by atoms with Crippen molar-refractivity contribution in [3.63, 3.8) is 0 Å². The van der Waals surface area contributed by atoms with E-state index in [9.17, 15) is 19.8 Å². The molecule has 0 spiro atoms. The monoisotopic (exact) mass is 421 g/mol. The maximum atomic E-state index is 13.1. The Morgan fingerprint density at radius 1 is 0.968 bits per heavy atom. The van der Waals surface area contributed by atoms with Crippen LogP contribution in [0.2, 0.25) is 0 Å². The zero-order valence-corrected chi connectivity index (χ0v) is 16.9. The van der Waals surface area contributed by atoms with Gasteiger partial charge in [-0.15, -0.1) is 0 Å². The smallest absolute Gasteiger partial charge is 0.295 e. The third-order valence-electron chi connectivity index (χ3n) is 6.20. The van der Waals surface area contributed by atoms with Crippen molar-refractivity contribution in [1.29, 1.82) is 0 Å². The third-order valence-corrected chi connectivity index (χ3v) is 6.20. The highest BCUT2D eigenvalue weighted by molar-refractivity contribution is 6.46. The summed E-state index contributed by atoms with van der Waals surface area (Å²) in [5, 5.41) is 21.2. The van der Waals surface area contributed by atoms with E-state index < -0.39 is 17.7 Å². The zero-order chi connectivity index (χ0) is 21.5. The largest absolute Gasteiger partial charge is 0.508 e. The van der Waals surface area contributed by atoms with E-state index in [-0.39, 0.29) is 23.1 Å². The van der Waals surface area contributed by atoms with Gasteiger partial charge in [0.15, 0.2) is 11.5 Å². The number of phenols is 1. The lowest BCUT2D eigenvalue weighted by atomic mass is 9.94. The van der Waals surface area contributed by atoms with Crippen molar-refractivity contribution in [3.05, 3.63) is 59.2 Å². The van der Waals surface area contributed by atoms with Gasteiger partial charge in [-0.25, -0.2) is 0 Å². The molecule has 5 rings (SSSR count). The van der Waals surface area contributed by atoms with Crippen LogP contribution in [0.3, 0.4) is 0 Å². The highest BCUT2D eigenvalue weighted by Gasteiger charge is 2.49. The second kappa shape index (κ2) is 7.65. The quantitative estimate of drug-likeness (QED) is 0.447. The van der Waals surface area contributed by atoms with Gasteiger partial charge >= 0.3 is 0 Å². The number of hydrogen-bond donors (Lipinski definition) is 2. The van der Waals surface area contributed by atoms with Gasteiger partial charge in [0, 0.05) is 11.6 Å². The summed E-state index contributed by atoms with van der Waals surface area (Å²) in [7, 11) is 0. The number of rotatable bonds is 3. The summed E-state index contributed by atoms with van der Waals surface area (Å²) in [6.07, 6.45) is 3.60. The number of aromatic hydroxyl groups is 1. The summed E-state index contributed by atoms with van der Waals surface area (Å²) < 4.78 is 11.1. The van der Waals surface area contributed by atoms with Gasteiger partial charge in [-0.3, -0.25) is 9.59 Å². The van der Waals surface area contributed by atoms with Crippen molar-refractivity contribution in [2.75, 3.05) is 13.2 Å². The Balaban J connectivity index is 1.65. The topological polar surface area (TPSA) is 96.3 Å². The van der Waals surface area contributed by atoms with Gasteiger partial charge in [-0.05, 0) is 48.7 Å². The second-order valence-electron chi connectivity index (χ2n) is 8.10. The third kappa shape index (κ3) is 3.30. The highest BCUT2D eigenvalue weighted by atomic mass is 16.6. The van der Waals surface area contributed by atoms with Crippen LogP contribution in [-0.4, -0.2) is 46.1 Å². The molecule has 2 aromatic rings. The maximum Gasteiger partial charge on any atom is 0.295 e. The molecule has 1 atom stereocenters. The zero-order valence-electron chi connectivity index (χ0n) is 16.9. The van der Waals surface area contributed by atoms with Gasteiger partial charge in [0.05, 0.1) is 11.6 Å². The number of benzene rings is 2. The molecule has 1 saturated heterocycles. The predicted octanol–water partition coefficient (Wildman–Crippen LogP) is 3.53. The molecular formula is C24H23NO6. The number of hydrogen-bond acceptors (Lipinski definition) is 6. The molecule has 2 N–H and O–H groups in total. The number of aliphatic hydroxyl groups excluding tert-OH is 1. The van der Waals surface area contributed by atoms with Crippen molar-refractivity contribution in [2.24, 2.45) is 0 Å². The molecule has 2 aromatic carbocycles. The van der Waals surface area contributed by atoms with Crippen LogP contribution < -0.4 is 9.47 Å². The van der Waals surface area contributed by atoms with Crippen LogP contribution in [0.25, 0.3) is 5.76 Å². The number of phenolic OH excluding ortho intramolecular Hbond substituents is 1. The van der Waals surface area contributed by atoms with Crippen LogP contribution in [0, 0.1) is 0 Å². The molecule has 2 fully saturated rings. The molecule has 0 bridgehead atoms. The number of fused-ring (bicyclic) bond motifs is 1. The Labute approximate surface area is 179 Å². The number of aliphatic hydroxyl groups is 1. The first-order valence-electron chi connectivity index (χ1n) is 10.5. The molecule has 0 aromatic heterocycles. The molecular weight excluding hydrogens is 398 g/mol. The van der Waals surface area contributed by atoms with Crippen molar-refractivity contribution in [3.8, 4) is 17.2 Å². The average Bonchev–Trinajstić information content (AvgIpc) is 3.40. The molecule has 3 aliphatic rings. The Morgan fingerprint density at radius 2 is 1.71 bits per heavy atom. The lowest BCUT2D eigenvalue weighted by Gasteiger charge is -2.30. The summed E-state index contributed by atoms with van der Waals surface area (Å²) in [6, 6.07) is 10.6. The normalized spacial score (nSPS) is 22.8. The van der Waals surface area contributed by atoms with Crippen molar-refractivity contribution in [2.45, 2.75) is 37.8 Å². The number of carbonyl (C=O) groups excluding carboxylic acids is 2. The molecule has 7 heteroatoms. The molecule has 160 valence electrons. The Hall–Kier alpha value is -3.48. The molecule has 1 saturated carbocycles. The first-order chi connectivity index (χ1) is 15.0. The number of ether oxygens (including phenoxy) is 2. The summed E-state index contributed by atoms with van der Waals surface area (Å²) in [5.74, 6) is -0.502. The Kier molecular flexibility index (Phi) is 4.81. The fourth-order valence-corrected chi connectivity index (χ4v) is 4.78. The molecule has 1 amide bonds. The van der Waals surface area contributed by atoms with E-state index in [2.05, 4.69) is 0 Å². The van der Waals surface area contributed by atoms with Crippen molar-refractivity contribution < 1.29 is 29.3 Å². The first kappa shape index (κ1) is 19.5. The minimum absolute atomic E-state index is 0.0270.